The number of benzene rings is 1. The van der Waals surface area contributed by atoms with E-state index in [1.165, 1.54) is 0 Å². The van der Waals surface area contributed by atoms with Gasteiger partial charge in [0.05, 0.1) is 6.04 Å². The first-order chi connectivity index (χ1) is 11.1. The molecule has 2 aromatic rings. The standard InChI is InChI=1S/C18H21ClN3O/c1-13(2)22-9-8-20-17(12-22)14-6-7-18(21-11-14)23-16-5-3-4-15(19)10-16/h3-7,10-11,13,17H,8-9,12H2,1-2H3. The summed E-state index contributed by atoms with van der Waals surface area (Å²) in [7, 11) is 0. The van der Waals surface area contributed by atoms with Crippen LogP contribution in [0.15, 0.2) is 42.6 Å². The first kappa shape index (κ1) is 16.2. The maximum atomic E-state index is 5.96. The van der Waals surface area contributed by atoms with Gasteiger partial charge in [-0.2, -0.15) is 0 Å². The SMILES string of the molecule is CC(C)N1CC[N]C(c2ccc(Oc3cccc(Cl)c3)nc2)C1. The van der Waals surface area contributed by atoms with Crippen LogP contribution < -0.4 is 10.1 Å². The average molecular weight is 331 g/mol. The van der Waals surface area contributed by atoms with E-state index in [9.17, 15) is 0 Å². The van der Waals surface area contributed by atoms with Crippen molar-refractivity contribution in [3.63, 3.8) is 0 Å². The van der Waals surface area contributed by atoms with Crippen molar-refractivity contribution in [1.29, 1.82) is 0 Å². The Balaban J connectivity index is 1.67. The molecule has 0 spiro atoms. The molecule has 0 amide bonds. The maximum Gasteiger partial charge on any atom is 0.219 e. The normalized spacial score (nSPS) is 19.0. The molecule has 1 fully saturated rings. The number of piperazine rings is 1. The second kappa shape index (κ2) is 7.30. The van der Waals surface area contributed by atoms with E-state index in [1.54, 1.807) is 6.07 Å². The lowest BCUT2D eigenvalue weighted by atomic mass is 10.1. The van der Waals surface area contributed by atoms with Crippen molar-refractivity contribution >= 4 is 11.6 Å². The van der Waals surface area contributed by atoms with Gasteiger partial charge in [0.15, 0.2) is 0 Å². The minimum Gasteiger partial charge on any atom is -0.439 e. The minimum atomic E-state index is 0.193. The Hall–Kier alpha value is -1.62. The molecule has 1 saturated heterocycles. The molecule has 0 saturated carbocycles. The third-order valence-electron chi connectivity index (χ3n) is 4.04. The monoisotopic (exact) mass is 330 g/mol. The van der Waals surface area contributed by atoms with Crippen molar-refractivity contribution < 1.29 is 4.74 Å². The van der Waals surface area contributed by atoms with Gasteiger partial charge in [-0.05, 0) is 37.6 Å². The number of halogens is 1. The summed E-state index contributed by atoms with van der Waals surface area (Å²) < 4.78 is 5.72. The van der Waals surface area contributed by atoms with E-state index in [2.05, 4.69) is 23.7 Å². The first-order valence-electron chi connectivity index (χ1n) is 7.92. The van der Waals surface area contributed by atoms with E-state index in [-0.39, 0.29) is 6.04 Å². The molecule has 1 aliphatic rings. The van der Waals surface area contributed by atoms with E-state index in [4.69, 9.17) is 21.7 Å². The molecule has 1 unspecified atom stereocenters. The molecule has 4 nitrogen and oxygen atoms in total. The van der Waals surface area contributed by atoms with Gasteiger partial charge in [-0.3, -0.25) is 4.90 Å². The highest BCUT2D eigenvalue weighted by molar-refractivity contribution is 6.30. The molecule has 1 radical (unpaired) electrons. The second-order valence-electron chi connectivity index (χ2n) is 6.00. The second-order valence-corrected chi connectivity index (χ2v) is 6.44. The van der Waals surface area contributed by atoms with Crippen LogP contribution in [-0.2, 0) is 0 Å². The van der Waals surface area contributed by atoms with E-state index in [1.807, 2.05) is 36.5 Å². The van der Waals surface area contributed by atoms with Gasteiger partial charge in [0.25, 0.3) is 0 Å². The van der Waals surface area contributed by atoms with E-state index in [0.717, 1.165) is 25.2 Å². The molecule has 2 heterocycles. The molecular weight excluding hydrogens is 310 g/mol. The fourth-order valence-corrected chi connectivity index (χ4v) is 2.87. The number of rotatable bonds is 4. The highest BCUT2D eigenvalue weighted by Crippen LogP contribution is 2.25. The van der Waals surface area contributed by atoms with Gasteiger partial charge >= 0.3 is 0 Å². The van der Waals surface area contributed by atoms with Crippen molar-refractivity contribution in [1.82, 2.24) is 15.2 Å². The van der Waals surface area contributed by atoms with Gasteiger partial charge in [-0.25, -0.2) is 10.3 Å². The lowest BCUT2D eigenvalue weighted by molar-refractivity contribution is 0.159. The molecule has 23 heavy (non-hydrogen) atoms. The number of aromatic nitrogens is 1. The summed E-state index contributed by atoms with van der Waals surface area (Å²) in [5, 5.41) is 5.36. The Bertz CT molecular complexity index is 645. The lowest BCUT2D eigenvalue weighted by Crippen LogP contribution is -2.45. The summed E-state index contributed by atoms with van der Waals surface area (Å²) >= 11 is 5.96. The largest absolute Gasteiger partial charge is 0.439 e. The average Bonchev–Trinajstić information content (AvgIpc) is 2.56. The van der Waals surface area contributed by atoms with Crippen LogP contribution in [0.2, 0.25) is 5.02 Å². The van der Waals surface area contributed by atoms with Crippen LogP contribution in [0.4, 0.5) is 0 Å². The van der Waals surface area contributed by atoms with Crippen LogP contribution in [0.5, 0.6) is 11.6 Å². The molecule has 0 N–H and O–H groups in total. The van der Waals surface area contributed by atoms with Crippen LogP contribution in [-0.4, -0.2) is 35.6 Å². The molecule has 3 rings (SSSR count). The number of hydrogen-bond donors (Lipinski definition) is 0. The van der Waals surface area contributed by atoms with Crippen molar-refractivity contribution in [2.24, 2.45) is 0 Å². The van der Waals surface area contributed by atoms with Crippen molar-refractivity contribution in [2.75, 3.05) is 19.6 Å². The number of nitrogens with zero attached hydrogens (tertiary/aromatic N) is 3. The third kappa shape index (κ3) is 4.22. The van der Waals surface area contributed by atoms with Gasteiger partial charge in [0, 0.05) is 43.0 Å². The molecular formula is C18H21ClN3O. The van der Waals surface area contributed by atoms with Crippen LogP contribution in [0.3, 0.4) is 0 Å². The first-order valence-corrected chi connectivity index (χ1v) is 8.29. The van der Waals surface area contributed by atoms with Crippen molar-refractivity contribution in [3.05, 3.63) is 53.2 Å². The smallest absolute Gasteiger partial charge is 0.219 e. The number of ether oxygens (including phenoxy) is 1. The summed E-state index contributed by atoms with van der Waals surface area (Å²) in [6.07, 6.45) is 1.86. The molecule has 121 valence electrons. The zero-order valence-electron chi connectivity index (χ0n) is 13.4. The molecule has 1 aliphatic heterocycles. The summed E-state index contributed by atoms with van der Waals surface area (Å²) in [5.74, 6) is 1.25. The lowest BCUT2D eigenvalue weighted by Gasteiger charge is -2.35. The number of pyridine rings is 1. The van der Waals surface area contributed by atoms with Crippen LogP contribution in [0.25, 0.3) is 0 Å². The summed E-state index contributed by atoms with van der Waals surface area (Å²) in [6, 6.07) is 12.0. The fourth-order valence-electron chi connectivity index (χ4n) is 2.69. The van der Waals surface area contributed by atoms with Gasteiger partial charge in [0.2, 0.25) is 5.88 Å². The number of hydrogen-bond acceptors (Lipinski definition) is 3. The Morgan fingerprint density at radius 2 is 2.13 bits per heavy atom. The molecule has 1 aromatic carbocycles. The highest BCUT2D eigenvalue weighted by atomic mass is 35.5. The van der Waals surface area contributed by atoms with E-state index >= 15 is 0 Å². The molecule has 1 aromatic heterocycles. The molecule has 0 aliphatic carbocycles. The van der Waals surface area contributed by atoms with Crippen LogP contribution in [0, 0.1) is 0 Å². The van der Waals surface area contributed by atoms with Crippen molar-refractivity contribution in [2.45, 2.75) is 25.9 Å². The summed E-state index contributed by atoms with van der Waals surface area (Å²) in [5.41, 5.74) is 1.13. The maximum absolute atomic E-state index is 5.96. The minimum absolute atomic E-state index is 0.193. The third-order valence-corrected chi connectivity index (χ3v) is 4.27. The predicted octanol–water partition coefficient (Wildman–Crippen LogP) is 3.90. The zero-order chi connectivity index (χ0) is 16.2. The van der Waals surface area contributed by atoms with Gasteiger partial charge in [-0.15, -0.1) is 0 Å². The Labute approximate surface area is 142 Å². The highest BCUT2D eigenvalue weighted by Gasteiger charge is 2.23. The Morgan fingerprint density at radius 1 is 1.26 bits per heavy atom. The van der Waals surface area contributed by atoms with Gasteiger partial charge in [-0.1, -0.05) is 23.7 Å². The van der Waals surface area contributed by atoms with Crippen LogP contribution >= 0.6 is 11.6 Å². The molecule has 0 bridgehead atoms. The Morgan fingerprint density at radius 3 is 2.83 bits per heavy atom. The topological polar surface area (TPSA) is 39.5 Å². The molecule has 5 heteroatoms. The fraction of sp³-hybridized carbons (Fsp3) is 0.389. The van der Waals surface area contributed by atoms with Crippen molar-refractivity contribution in [3.8, 4) is 11.6 Å². The summed E-state index contributed by atoms with van der Waals surface area (Å²) in [6.45, 7) is 7.32. The Kier molecular flexibility index (Phi) is 5.16. The van der Waals surface area contributed by atoms with E-state index in [0.29, 0.717) is 22.7 Å². The zero-order valence-corrected chi connectivity index (χ0v) is 14.2. The van der Waals surface area contributed by atoms with E-state index < -0.39 is 0 Å². The molecule has 1 atom stereocenters. The van der Waals surface area contributed by atoms with Crippen LogP contribution in [0.1, 0.15) is 25.5 Å². The summed E-state index contributed by atoms with van der Waals surface area (Å²) in [4.78, 5) is 6.86. The van der Waals surface area contributed by atoms with Gasteiger partial charge in [0.1, 0.15) is 5.75 Å². The van der Waals surface area contributed by atoms with Gasteiger partial charge < -0.3 is 4.74 Å². The predicted molar refractivity (Wildman–Crippen MR) is 92.2 cm³/mol. The quantitative estimate of drug-likeness (QED) is 0.853.